The largest absolute Gasteiger partial charge is 1.00 e. The summed E-state index contributed by atoms with van der Waals surface area (Å²) in [6.07, 6.45) is 0. The highest BCUT2D eigenvalue weighted by Crippen LogP contribution is 2.13. The maximum absolute atomic E-state index is 5.31. The quantitative estimate of drug-likeness (QED) is 0.520. The van der Waals surface area contributed by atoms with Crippen molar-refractivity contribution in [1.82, 2.24) is 0 Å². The number of rotatable bonds is 2. The minimum Gasteiger partial charge on any atom is -1.00 e. The van der Waals surface area contributed by atoms with Crippen molar-refractivity contribution in [2.24, 2.45) is 0 Å². The fourth-order valence-corrected chi connectivity index (χ4v) is 1.75. The number of hydrogen-bond acceptors (Lipinski definition) is 1. The van der Waals surface area contributed by atoms with Crippen molar-refractivity contribution in [3.63, 3.8) is 0 Å². The first-order chi connectivity index (χ1) is 6.86. The van der Waals surface area contributed by atoms with Gasteiger partial charge in [-0.25, -0.2) is 0 Å². The fourth-order valence-electron chi connectivity index (χ4n) is 1.75. The number of nitrogens with zero attached hydrogens (tertiary/aromatic N) is 1. The summed E-state index contributed by atoms with van der Waals surface area (Å²) in [7, 11) is 1.70. The summed E-state index contributed by atoms with van der Waals surface area (Å²) in [4.78, 5) is 0. The molecule has 80 valence electrons. The molecule has 0 unspecified atom stereocenters. The van der Waals surface area contributed by atoms with E-state index in [9.17, 15) is 0 Å². The molecular weight excluding hydrogens is 301 g/mol. The minimum atomic E-state index is 0. The third-order valence-electron chi connectivity index (χ3n) is 2.42. The molecule has 1 heterocycles. The monoisotopic (exact) mass is 315 g/mol. The number of fused-ring (bicyclic) bond motifs is 1. The summed E-state index contributed by atoms with van der Waals surface area (Å²) in [6, 6.07) is 12.4. The van der Waals surface area contributed by atoms with Crippen LogP contribution in [0.25, 0.3) is 10.9 Å². The van der Waals surface area contributed by atoms with E-state index in [1.54, 1.807) is 7.11 Å². The van der Waals surface area contributed by atoms with Crippen molar-refractivity contribution < 1.29 is 33.3 Å². The van der Waals surface area contributed by atoms with Gasteiger partial charge in [0.1, 0.15) is 6.54 Å². The van der Waals surface area contributed by atoms with Crippen molar-refractivity contribution in [2.45, 2.75) is 13.5 Å². The van der Waals surface area contributed by atoms with Gasteiger partial charge in [-0.2, -0.15) is 4.57 Å². The maximum atomic E-state index is 5.31. The van der Waals surface area contributed by atoms with E-state index in [1.807, 2.05) is 12.1 Å². The maximum Gasteiger partial charge on any atom is 0.368 e. The summed E-state index contributed by atoms with van der Waals surface area (Å²) >= 11 is 0. The van der Waals surface area contributed by atoms with Crippen LogP contribution in [-0.2, 0) is 6.54 Å². The van der Waals surface area contributed by atoms with Gasteiger partial charge in [0.05, 0.1) is 13.2 Å². The van der Waals surface area contributed by atoms with Crippen molar-refractivity contribution in [3.8, 4) is 5.88 Å². The van der Waals surface area contributed by atoms with Crippen molar-refractivity contribution >= 4 is 10.9 Å². The van der Waals surface area contributed by atoms with Gasteiger partial charge in [0.25, 0.3) is 0 Å². The highest BCUT2D eigenvalue weighted by atomic mass is 127. The number of benzene rings is 1. The van der Waals surface area contributed by atoms with Gasteiger partial charge in [0.15, 0.2) is 0 Å². The molecule has 0 radical (unpaired) electrons. The molecular formula is C12H14INO. The summed E-state index contributed by atoms with van der Waals surface area (Å²) in [6.45, 7) is 3.04. The molecule has 2 nitrogen and oxygen atoms in total. The third kappa shape index (κ3) is 2.22. The van der Waals surface area contributed by atoms with Crippen LogP contribution in [0.15, 0.2) is 36.4 Å². The van der Waals surface area contributed by atoms with Crippen LogP contribution in [0.1, 0.15) is 6.92 Å². The van der Waals surface area contributed by atoms with Crippen LogP contribution in [-0.4, -0.2) is 7.11 Å². The van der Waals surface area contributed by atoms with Gasteiger partial charge >= 0.3 is 5.88 Å². The van der Waals surface area contributed by atoms with E-state index in [4.69, 9.17) is 4.74 Å². The number of hydrogen-bond donors (Lipinski definition) is 0. The second kappa shape index (κ2) is 5.30. The van der Waals surface area contributed by atoms with Crippen LogP contribution >= 0.6 is 0 Å². The number of halogens is 1. The Balaban J connectivity index is 0.00000112. The summed E-state index contributed by atoms with van der Waals surface area (Å²) in [5.41, 5.74) is 1.22. The molecule has 2 aromatic rings. The standard InChI is InChI=1S/C12H14NO.HI/c1-3-13-11-7-5-4-6-10(11)8-9-12(13)14-2;/h4-9H,3H2,1-2H3;1H/q+1;/p-1. The van der Waals surface area contributed by atoms with E-state index in [0.29, 0.717) is 0 Å². The van der Waals surface area contributed by atoms with E-state index >= 15 is 0 Å². The van der Waals surface area contributed by atoms with Crippen molar-refractivity contribution in [2.75, 3.05) is 7.11 Å². The smallest absolute Gasteiger partial charge is 0.368 e. The first-order valence-electron chi connectivity index (χ1n) is 4.82. The van der Waals surface area contributed by atoms with Gasteiger partial charge in [-0.15, -0.1) is 0 Å². The number of methoxy groups -OCH3 is 1. The molecule has 0 fully saturated rings. The Labute approximate surface area is 107 Å². The lowest BCUT2D eigenvalue weighted by Crippen LogP contribution is -3.00. The van der Waals surface area contributed by atoms with Gasteiger partial charge in [0, 0.05) is 11.5 Å². The molecule has 0 aliphatic rings. The summed E-state index contributed by atoms with van der Waals surface area (Å²) in [5.74, 6) is 0.909. The minimum absolute atomic E-state index is 0. The Kier molecular flexibility index (Phi) is 4.32. The summed E-state index contributed by atoms with van der Waals surface area (Å²) < 4.78 is 7.47. The molecule has 1 aromatic heterocycles. The zero-order chi connectivity index (χ0) is 9.97. The average molecular weight is 315 g/mol. The lowest BCUT2D eigenvalue weighted by atomic mass is 10.2. The Hall–Kier alpha value is -0.840. The van der Waals surface area contributed by atoms with Crippen LogP contribution in [0.5, 0.6) is 5.88 Å². The molecule has 1 aromatic carbocycles. The second-order valence-corrected chi connectivity index (χ2v) is 3.18. The number of ether oxygens (including phenoxy) is 1. The van der Waals surface area contributed by atoms with Crippen molar-refractivity contribution in [3.05, 3.63) is 36.4 Å². The fraction of sp³-hybridized carbons (Fsp3) is 0.250. The van der Waals surface area contributed by atoms with Gasteiger partial charge in [-0.05, 0) is 19.1 Å². The Bertz CT molecular complexity index is 456. The van der Waals surface area contributed by atoms with E-state index in [2.05, 4.69) is 35.8 Å². The number of aryl methyl sites for hydroxylation is 1. The van der Waals surface area contributed by atoms with Crippen LogP contribution < -0.4 is 33.3 Å². The third-order valence-corrected chi connectivity index (χ3v) is 2.42. The number of pyridine rings is 1. The highest BCUT2D eigenvalue weighted by Gasteiger charge is 2.12. The molecule has 2 rings (SSSR count). The molecule has 0 aliphatic heterocycles. The van der Waals surface area contributed by atoms with Gasteiger partial charge in [-0.1, -0.05) is 12.1 Å². The van der Waals surface area contributed by atoms with Crippen LogP contribution in [0.2, 0.25) is 0 Å². The highest BCUT2D eigenvalue weighted by molar-refractivity contribution is 5.75. The molecule has 0 saturated heterocycles. The van der Waals surface area contributed by atoms with Gasteiger partial charge in [-0.3, -0.25) is 0 Å². The predicted octanol–water partition coefficient (Wildman–Crippen LogP) is -0.840. The van der Waals surface area contributed by atoms with Crippen LogP contribution in [0.3, 0.4) is 0 Å². The average Bonchev–Trinajstić information content (AvgIpc) is 2.27. The molecule has 3 heteroatoms. The number of para-hydroxylation sites is 1. The van der Waals surface area contributed by atoms with Gasteiger partial charge < -0.3 is 28.7 Å². The van der Waals surface area contributed by atoms with E-state index in [-0.39, 0.29) is 24.0 Å². The molecule has 0 atom stereocenters. The topological polar surface area (TPSA) is 13.1 Å². The van der Waals surface area contributed by atoms with Gasteiger partial charge in [0.2, 0.25) is 5.52 Å². The molecule has 15 heavy (non-hydrogen) atoms. The first kappa shape index (κ1) is 12.2. The zero-order valence-corrected chi connectivity index (χ0v) is 11.1. The molecule has 0 aliphatic carbocycles. The zero-order valence-electron chi connectivity index (χ0n) is 8.90. The molecule has 0 spiro atoms. The van der Waals surface area contributed by atoms with E-state index < -0.39 is 0 Å². The second-order valence-electron chi connectivity index (χ2n) is 3.18. The molecule has 0 amide bonds. The summed E-state index contributed by atoms with van der Waals surface area (Å²) in [5, 5.41) is 1.25. The molecule has 0 saturated carbocycles. The number of aromatic nitrogens is 1. The lowest BCUT2D eigenvalue weighted by Gasteiger charge is -2.03. The molecule has 0 N–H and O–H groups in total. The first-order valence-corrected chi connectivity index (χ1v) is 4.82. The SMILES string of the molecule is CC[n+]1c(OC)ccc2ccccc21.[I-]. The normalized spacial score (nSPS) is 9.73. The van der Waals surface area contributed by atoms with Crippen LogP contribution in [0.4, 0.5) is 0 Å². The molecule has 0 bridgehead atoms. The van der Waals surface area contributed by atoms with Crippen LogP contribution in [0, 0.1) is 0 Å². The van der Waals surface area contributed by atoms with Crippen molar-refractivity contribution in [1.29, 1.82) is 0 Å². The van der Waals surface area contributed by atoms with E-state index in [0.717, 1.165) is 12.4 Å². The van der Waals surface area contributed by atoms with E-state index in [1.165, 1.54) is 10.9 Å². The predicted molar refractivity (Wildman–Crippen MR) is 56.4 cm³/mol. The Morgan fingerprint density at radius 3 is 2.53 bits per heavy atom. The lowest BCUT2D eigenvalue weighted by molar-refractivity contribution is -0.672. The Morgan fingerprint density at radius 2 is 1.87 bits per heavy atom. The Morgan fingerprint density at radius 1 is 1.13 bits per heavy atom.